The maximum Gasteiger partial charge on any atom is 0.145 e. The number of pyridine rings is 3. The summed E-state index contributed by atoms with van der Waals surface area (Å²) in [6, 6.07) is 12.7. The molecule has 3 aromatic heterocycles. The van der Waals surface area contributed by atoms with Gasteiger partial charge in [0.1, 0.15) is 8.07 Å². The normalized spacial score (nSPS) is 11.2. The number of rotatable bonds is 3. The summed E-state index contributed by atoms with van der Waals surface area (Å²) in [5.74, 6) is 0. The predicted molar refractivity (Wildman–Crippen MR) is 83.2 cm³/mol. The highest BCUT2D eigenvalue weighted by molar-refractivity contribution is 7.10. The molecule has 0 atom stereocenters. The molecule has 20 heavy (non-hydrogen) atoms. The second-order valence-corrected chi connectivity index (χ2v) is 8.81. The Bertz CT molecular complexity index is 575. The zero-order chi connectivity index (χ0) is 13.8. The lowest BCUT2D eigenvalue weighted by Crippen LogP contribution is -2.64. The number of nitrogens with zero attached hydrogens (tertiary/aromatic N) is 3. The van der Waals surface area contributed by atoms with Crippen LogP contribution < -0.4 is 15.6 Å². The first-order chi connectivity index (χ1) is 9.82. The van der Waals surface area contributed by atoms with Gasteiger partial charge in [0.25, 0.3) is 0 Å². The number of hydrogen-bond acceptors (Lipinski definition) is 3. The molecule has 0 saturated carbocycles. The molecule has 0 spiro atoms. The second kappa shape index (κ2) is 5.34. The van der Waals surface area contributed by atoms with Crippen LogP contribution >= 0.6 is 0 Å². The summed E-state index contributed by atoms with van der Waals surface area (Å²) in [6.07, 6.45) is 11.2. The van der Waals surface area contributed by atoms with E-state index in [-0.39, 0.29) is 0 Å². The Balaban J connectivity index is 2.24. The summed E-state index contributed by atoms with van der Waals surface area (Å²) in [7, 11) is -2.00. The average molecular weight is 277 g/mol. The van der Waals surface area contributed by atoms with E-state index >= 15 is 0 Å². The predicted octanol–water partition coefficient (Wildman–Crippen LogP) is 0.972. The highest BCUT2D eigenvalue weighted by Gasteiger charge is 2.33. The standard InChI is InChI=1S/C16H15N3Si/c1-20(14-2-8-17-9-3-14,15-4-10-18-11-5-15)16-6-12-19-13-7-16/h2-13H,1H3. The van der Waals surface area contributed by atoms with E-state index in [0.717, 1.165) is 0 Å². The molecule has 3 rings (SSSR count). The maximum atomic E-state index is 4.14. The molecule has 0 saturated heterocycles. The molecule has 0 fully saturated rings. The first kappa shape index (κ1) is 12.7. The summed E-state index contributed by atoms with van der Waals surface area (Å²) in [4.78, 5) is 12.4. The molecule has 0 unspecified atom stereocenters. The third-order valence-corrected chi connectivity index (χ3v) is 8.24. The quantitative estimate of drug-likeness (QED) is 0.670. The van der Waals surface area contributed by atoms with Crippen molar-refractivity contribution in [1.82, 2.24) is 15.0 Å². The summed E-state index contributed by atoms with van der Waals surface area (Å²) >= 11 is 0. The van der Waals surface area contributed by atoms with Gasteiger partial charge in [-0.3, -0.25) is 15.0 Å². The fraction of sp³-hybridized carbons (Fsp3) is 0.0625. The summed E-state index contributed by atoms with van der Waals surface area (Å²) < 4.78 is 0. The first-order valence-electron chi connectivity index (χ1n) is 6.53. The van der Waals surface area contributed by atoms with Crippen LogP contribution in [0.5, 0.6) is 0 Å². The highest BCUT2D eigenvalue weighted by atomic mass is 28.3. The fourth-order valence-corrected chi connectivity index (χ4v) is 6.00. The monoisotopic (exact) mass is 277 g/mol. The minimum atomic E-state index is -2.00. The first-order valence-corrected chi connectivity index (χ1v) is 9.03. The van der Waals surface area contributed by atoms with Gasteiger partial charge in [0, 0.05) is 37.2 Å². The van der Waals surface area contributed by atoms with Crippen molar-refractivity contribution in [3.8, 4) is 0 Å². The van der Waals surface area contributed by atoms with Crippen LogP contribution in [0.25, 0.3) is 0 Å². The van der Waals surface area contributed by atoms with Gasteiger partial charge < -0.3 is 0 Å². The summed E-state index contributed by atoms with van der Waals surface area (Å²) in [6.45, 7) is 2.35. The van der Waals surface area contributed by atoms with Crippen molar-refractivity contribution in [2.24, 2.45) is 0 Å². The van der Waals surface area contributed by atoms with Gasteiger partial charge in [0.05, 0.1) is 0 Å². The number of aromatic nitrogens is 3. The van der Waals surface area contributed by atoms with E-state index in [9.17, 15) is 0 Å². The molecule has 3 nitrogen and oxygen atoms in total. The third kappa shape index (κ3) is 2.14. The molecule has 0 amide bonds. The maximum absolute atomic E-state index is 4.14. The molecule has 0 bridgehead atoms. The van der Waals surface area contributed by atoms with Crippen LogP contribution in [-0.4, -0.2) is 23.0 Å². The molecule has 0 aromatic carbocycles. The van der Waals surface area contributed by atoms with E-state index in [4.69, 9.17) is 0 Å². The largest absolute Gasteiger partial charge is 0.265 e. The van der Waals surface area contributed by atoms with Gasteiger partial charge in [0.15, 0.2) is 0 Å². The van der Waals surface area contributed by atoms with Crippen LogP contribution in [0.1, 0.15) is 0 Å². The molecular formula is C16H15N3Si. The molecule has 0 aliphatic carbocycles. The zero-order valence-electron chi connectivity index (χ0n) is 11.3. The fourth-order valence-electron chi connectivity index (χ4n) is 2.56. The van der Waals surface area contributed by atoms with E-state index in [1.807, 2.05) is 37.2 Å². The van der Waals surface area contributed by atoms with Crippen molar-refractivity contribution < 1.29 is 0 Å². The smallest absolute Gasteiger partial charge is 0.145 e. The van der Waals surface area contributed by atoms with Gasteiger partial charge in [-0.05, 0) is 52.0 Å². The topological polar surface area (TPSA) is 38.7 Å². The lowest BCUT2D eigenvalue weighted by atomic mass is 10.5. The van der Waals surface area contributed by atoms with Crippen LogP contribution in [-0.2, 0) is 0 Å². The lowest BCUT2D eigenvalue weighted by Gasteiger charge is -2.28. The molecule has 0 N–H and O–H groups in total. The Kier molecular flexibility index (Phi) is 3.39. The molecule has 3 aromatic rings. The Labute approximate surface area is 119 Å². The van der Waals surface area contributed by atoms with Crippen molar-refractivity contribution in [2.45, 2.75) is 6.55 Å². The Morgan fingerprint density at radius 1 is 0.550 bits per heavy atom. The SMILES string of the molecule is C[Si](c1ccncc1)(c1ccncc1)c1ccncc1. The van der Waals surface area contributed by atoms with Gasteiger partial charge in [0.2, 0.25) is 0 Å². The van der Waals surface area contributed by atoms with Gasteiger partial charge in [-0.1, -0.05) is 6.55 Å². The molecule has 4 heteroatoms. The van der Waals surface area contributed by atoms with Crippen molar-refractivity contribution >= 4 is 23.6 Å². The zero-order valence-corrected chi connectivity index (χ0v) is 12.3. The minimum Gasteiger partial charge on any atom is -0.265 e. The van der Waals surface area contributed by atoms with Crippen LogP contribution in [0, 0.1) is 0 Å². The van der Waals surface area contributed by atoms with Crippen LogP contribution in [0.4, 0.5) is 0 Å². The second-order valence-electron chi connectivity index (χ2n) is 4.83. The Morgan fingerprint density at radius 2 is 0.800 bits per heavy atom. The number of hydrogen-bond donors (Lipinski definition) is 0. The minimum absolute atomic E-state index is 1.34. The third-order valence-electron chi connectivity index (χ3n) is 3.77. The van der Waals surface area contributed by atoms with Crippen molar-refractivity contribution in [2.75, 3.05) is 0 Å². The van der Waals surface area contributed by atoms with Gasteiger partial charge in [-0.2, -0.15) is 0 Å². The molecule has 3 heterocycles. The van der Waals surface area contributed by atoms with E-state index < -0.39 is 8.07 Å². The molecule has 98 valence electrons. The van der Waals surface area contributed by atoms with Crippen LogP contribution in [0.15, 0.2) is 73.6 Å². The van der Waals surface area contributed by atoms with E-state index in [1.165, 1.54) is 15.6 Å². The van der Waals surface area contributed by atoms with Crippen LogP contribution in [0.2, 0.25) is 6.55 Å². The Hall–Kier alpha value is -2.33. The molecule has 0 aliphatic rings. The van der Waals surface area contributed by atoms with Crippen LogP contribution in [0.3, 0.4) is 0 Å². The Morgan fingerprint density at radius 3 is 1.05 bits per heavy atom. The van der Waals surface area contributed by atoms with E-state index in [1.54, 1.807) is 0 Å². The van der Waals surface area contributed by atoms with Gasteiger partial charge in [-0.15, -0.1) is 0 Å². The molecular weight excluding hydrogens is 262 g/mol. The lowest BCUT2D eigenvalue weighted by molar-refractivity contribution is 1.33. The average Bonchev–Trinajstić information content (AvgIpc) is 2.56. The summed E-state index contributed by atoms with van der Waals surface area (Å²) in [5, 5.41) is 4.01. The van der Waals surface area contributed by atoms with Crippen molar-refractivity contribution in [3.63, 3.8) is 0 Å². The van der Waals surface area contributed by atoms with Gasteiger partial charge >= 0.3 is 0 Å². The van der Waals surface area contributed by atoms with E-state index in [0.29, 0.717) is 0 Å². The van der Waals surface area contributed by atoms with Gasteiger partial charge in [-0.25, -0.2) is 0 Å². The highest BCUT2D eigenvalue weighted by Crippen LogP contribution is 2.05. The van der Waals surface area contributed by atoms with Crippen molar-refractivity contribution in [3.05, 3.63) is 73.6 Å². The molecule has 0 aliphatic heterocycles. The molecule has 0 radical (unpaired) electrons. The van der Waals surface area contributed by atoms with Crippen molar-refractivity contribution in [1.29, 1.82) is 0 Å². The van der Waals surface area contributed by atoms with E-state index in [2.05, 4.69) is 57.9 Å². The summed E-state index contributed by atoms with van der Waals surface area (Å²) in [5.41, 5.74) is 0.